The number of carbonyl (C=O) groups excluding carboxylic acids is 1. The molecule has 0 saturated carbocycles. The normalized spacial score (nSPS) is 11.3. The number of hydrogen-bond acceptors (Lipinski definition) is 4. The van der Waals surface area contributed by atoms with E-state index >= 15 is 0 Å². The van der Waals surface area contributed by atoms with Crippen LogP contribution >= 0.6 is 0 Å². The largest absolute Gasteiger partial charge is 0.522 e. The molecule has 0 aliphatic rings. The second kappa shape index (κ2) is 6.98. The summed E-state index contributed by atoms with van der Waals surface area (Å²) in [7, 11) is 0. The van der Waals surface area contributed by atoms with E-state index in [-0.39, 0.29) is 6.42 Å². The Labute approximate surface area is 108 Å². The Morgan fingerprint density at radius 2 is 1.79 bits per heavy atom. The number of nitrogens with two attached hydrogens (primary N) is 1. The Kier molecular flexibility index (Phi) is 5.62. The van der Waals surface area contributed by atoms with E-state index in [0.717, 1.165) is 5.56 Å². The fraction of sp³-hybridized carbons (Fsp3) is 0.417. The maximum Gasteiger partial charge on any atom is 0.522 e. The van der Waals surface area contributed by atoms with Crippen molar-refractivity contribution in [3.05, 3.63) is 29.8 Å². The van der Waals surface area contributed by atoms with Gasteiger partial charge < -0.3 is 10.5 Å². The molecule has 1 rings (SSSR count). The summed E-state index contributed by atoms with van der Waals surface area (Å²) in [5.74, 6) is -0.567. The van der Waals surface area contributed by atoms with Gasteiger partial charge in [0.25, 0.3) is 0 Å². The highest BCUT2D eigenvalue weighted by Gasteiger charge is 2.28. The van der Waals surface area contributed by atoms with Gasteiger partial charge in [0.1, 0.15) is 6.61 Å². The number of hydrogen-bond donors (Lipinski definition) is 1. The van der Waals surface area contributed by atoms with Crippen LogP contribution in [0.15, 0.2) is 24.3 Å². The van der Waals surface area contributed by atoms with Crippen LogP contribution in [0.4, 0.5) is 18.9 Å². The van der Waals surface area contributed by atoms with Gasteiger partial charge in [-0.25, -0.2) is 0 Å². The molecule has 0 fully saturated rings. The number of nitrogen functional groups attached to an aromatic ring is 1. The molecule has 0 atom stereocenters. The van der Waals surface area contributed by atoms with Crippen molar-refractivity contribution in [3.8, 4) is 0 Å². The van der Waals surface area contributed by atoms with Gasteiger partial charge in [0.2, 0.25) is 0 Å². The molecule has 19 heavy (non-hydrogen) atoms. The number of halogens is 3. The van der Waals surface area contributed by atoms with Gasteiger partial charge in [0.15, 0.2) is 0 Å². The van der Waals surface area contributed by atoms with Gasteiger partial charge in [-0.3, -0.25) is 9.53 Å². The number of carbonyl (C=O) groups is 1. The van der Waals surface area contributed by atoms with Gasteiger partial charge in [0.05, 0.1) is 6.61 Å². The minimum absolute atomic E-state index is 0.0932. The number of anilines is 1. The molecular weight excluding hydrogens is 263 g/mol. The number of alkyl halides is 3. The van der Waals surface area contributed by atoms with Gasteiger partial charge in [-0.1, -0.05) is 12.1 Å². The molecule has 1 aromatic rings. The van der Waals surface area contributed by atoms with Crippen LogP contribution in [-0.4, -0.2) is 25.5 Å². The summed E-state index contributed by atoms with van der Waals surface area (Å²) < 4.78 is 42.9. The predicted octanol–water partition coefficient (Wildman–Crippen LogP) is 2.28. The fourth-order valence-corrected chi connectivity index (χ4v) is 1.32. The molecule has 0 aromatic heterocycles. The van der Waals surface area contributed by atoms with Crippen LogP contribution in [0.1, 0.15) is 12.0 Å². The van der Waals surface area contributed by atoms with Crippen molar-refractivity contribution < 1.29 is 27.4 Å². The van der Waals surface area contributed by atoms with Gasteiger partial charge in [-0.15, -0.1) is 13.2 Å². The van der Waals surface area contributed by atoms with Gasteiger partial charge in [-0.05, 0) is 24.1 Å². The van der Waals surface area contributed by atoms with E-state index in [1.165, 1.54) is 0 Å². The third-order valence-electron chi connectivity index (χ3n) is 2.21. The third kappa shape index (κ3) is 7.30. The molecule has 0 amide bonds. The summed E-state index contributed by atoms with van der Waals surface area (Å²) in [6.45, 7) is -1.11. The standard InChI is InChI=1S/C12H14F3NO3/c13-12(14,15)19-8-7-18-11(17)6-3-9-1-4-10(16)5-2-9/h1-2,4-5H,3,6-8,16H2. The number of benzene rings is 1. The summed E-state index contributed by atoms with van der Waals surface area (Å²) in [5.41, 5.74) is 7.02. The van der Waals surface area contributed by atoms with Crippen LogP contribution in [0.2, 0.25) is 0 Å². The molecule has 7 heteroatoms. The van der Waals surface area contributed by atoms with Crippen molar-refractivity contribution >= 4 is 11.7 Å². The smallest absolute Gasteiger partial charge is 0.463 e. The zero-order valence-corrected chi connectivity index (χ0v) is 10.1. The average molecular weight is 277 g/mol. The van der Waals surface area contributed by atoms with E-state index < -0.39 is 25.5 Å². The van der Waals surface area contributed by atoms with Crippen molar-refractivity contribution in [3.63, 3.8) is 0 Å². The summed E-state index contributed by atoms with van der Waals surface area (Å²) in [5, 5.41) is 0. The van der Waals surface area contributed by atoms with E-state index in [2.05, 4.69) is 9.47 Å². The SMILES string of the molecule is Nc1ccc(CCC(=O)OCCOC(F)(F)F)cc1. The molecular formula is C12H14F3NO3. The Hall–Kier alpha value is -1.76. The van der Waals surface area contributed by atoms with Crippen molar-refractivity contribution in [1.82, 2.24) is 0 Å². The highest BCUT2D eigenvalue weighted by molar-refractivity contribution is 5.69. The molecule has 0 heterocycles. The van der Waals surface area contributed by atoms with E-state index in [4.69, 9.17) is 5.73 Å². The molecule has 0 aliphatic heterocycles. The highest BCUT2D eigenvalue weighted by atomic mass is 19.4. The molecule has 0 aliphatic carbocycles. The van der Waals surface area contributed by atoms with Crippen molar-refractivity contribution in [2.75, 3.05) is 18.9 Å². The zero-order chi connectivity index (χ0) is 14.3. The van der Waals surface area contributed by atoms with E-state index in [1.807, 2.05) is 0 Å². The monoisotopic (exact) mass is 277 g/mol. The molecule has 2 N–H and O–H groups in total. The minimum atomic E-state index is -4.70. The first-order valence-electron chi connectivity index (χ1n) is 5.57. The van der Waals surface area contributed by atoms with Crippen LogP contribution in [0.5, 0.6) is 0 Å². The molecule has 1 aromatic carbocycles. The second-order valence-electron chi connectivity index (χ2n) is 3.76. The predicted molar refractivity (Wildman–Crippen MR) is 62.1 cm³/mol. The first-order chi connectivity index (χ1) is 8.87. The lowest BCUT2D eigenvalue weighted by Crippen LogP contribution is -2.18. The van der Waals surface area contributed by atoms with Crippen LogP contribution in [0, 0.1) is 0 Å². The second-order valence-corrected chi connectivity index (χ2v) is 3.76. The Morgan fingerprint density at radius 3 is 2.37 bits per heavy atom. The minimum Gasteiger partial charge on any atom is -0.463 e. The summed E-state index contributed by atoms with van der Waals surface area (Å²) in [4.78, 5) is 11.2. The number of ether oxygens (including phenoxy) is 2. The molecule has 0 unspecified atom stereocenters. The molecule has 0 radical (unpaired) electrons. The maximum atomic E-state index is 11.6. The lowest BCUT2D eigenvalue weighted by atomic mass is 10.1. The van der Waals surface area contributed by atoms with E-state index in [1.54, 1.807) is 24.3 Å². The van der Waals surface area contributed by atoms with Crippen molar-refractivity contribution in [2.45, 2.75) is 19.2 Å². The fourth-order valence-electron chi connectivity index (χ4n) is 1.32. The van der Waals surface area contributed by atoms with Crippen LogP contribution in [0.25, 0.3) is 0 Å². The Morgan fingerprint density at radius 1 is 1.16 bits per heavy atom. The zero-order valence-electron chi connectivity index (χ0n) is 10.1. The third-order valence-corrected chi connectivity index (χ3v) is 2.21. The number of aryl methyl sites for hydroxylation is 1. The van der Waals surface area contributed by atoms with Crippen molar-refractivity contribution in [1.29, 1.82) is 0 Å². The highest BCUT2D eigenvalue weighted by Crippen LogP contribution is 2.15. The van der Waals surface area contributed by atoms with Crippen LogP contribution < -0.4 is 5.73 Å². The Bertz CT molecular complexity index is 404. The maximum absolute atomic E-state index is 11.6. The summed E-state index contributed by atoms with van der Waals surface area (Å²) >= 11 is 0. The van der Waals surface area contributed by atoms with Crippen LogP contribution in [0.3, 0.4) is 0 Å². The first kappa shape index (κ1) is 15.3. The first-order valence-corrected chi connectivity index (χ1v) is 5.57. The molecule has 0 spiro atoms. The summed E-state index contributed by atoms with van der Waals surface area (Å²) in [6.07, 6.45) is -4.16. The van der Waals surface area contributed by atoms with Crippen LogP contribution in [-0.2, 0) is 20.7 Å². The molecule has 4 nitrogen and oxygen atoms in total. The van der Waals surface area contributed by atoms with Gasteiger partial charge in [-0.2, -0.15) is 0 Å². The number of rotatable bonds is 6. The quantitative estimate of drug-likeness (QED) is 0.492. The summed E-state index contributed by atoms with van der Waals surface area (Å²) in [6, 6.07) is 6.96. The lowest BCUT2D eigenvalue weighted by Gasteiger charge is -2.08. The van der Waals surface area contributed by atoms with Crippen molar-refractivity contribution in [2.24, 2.45) is 0 Å². The Balaban J connectivity index is 2.16. The molecule has 106 valence electrons. The molecule has 0 bridgehead atoms. The lowest BCUT2D eigenvalue weighted by molar-refractivity contribution is -0.326. The topological polar surface area (TPSA) is 61.6 Å². The van der Waals surface area contributed by atoms with Gasteiger partial charge in [0, 0.05) is 12.1 Å². The number of esters is 1. The van der Waals surface area contributed by atoms with E-state index in [0.29, 0.717) is 12.1 Å². The average Bonchev–Trinajstić information content (AvgIpc) is 2.33. The van der Waals surface area contributed by atoms with E-state index in [9.17, 15) is 18.0 Å². The van der Waals surface area contributed by atoms with Gasteiger partial charge >= 0.3 is 12.3 Å². The molecule has 0 saturated heterocycles.